The summed E-state index contributed by atoms with van der Waals surface area (Å²) in [5, 5.41) is 12.4. The molecule has 0 fully saturated rings. The Kier molecular flexibility index (Phi) is 5.06. The number of fused-ring (bicyclic) bond motifs is 2. The molecular formula is C23H18N4O. The molecule has 4 rings (SSSR count). The maximum absolute atomic E-state index is 11.9. The molecule has 28 heavy (non-hydrogen) atoms. The number of hydrogen-bond acceptors (Lipinski definition) is 3. The molecule has 4 aromatic carbocycles. The third-order valence-electron chi connectivity index (χ3n) is 4.39. The summed E-state index contributed by atoms with van der Waals surface area (Å²) in [7, 11) is 0. The minimum atomic E-state index is -0.507. The molecule has 0 unspecified atom stereocenters. The Bertz CT molecular complexity index is 1090. The summed E-state index contributed by atoms with van der Waals surface area (Å²) in [6, 6.07) is 27.4. The number of carbonyl (C=O) groups is 1. The molecule has 0 aliphatic carbocycles. The highest BCUT2D eigenvalue weighted by Gasteiger charge is 1.99. The average Bonchev–Trinajstić information content (AvgIpc) is 2.74. The fourth-order valence-corrected chi connectivity index (χ4v) is 3.07. The van der Waals surface area contributed by atoms with Crippen LogP contribution in [0.15, 0.2) is 95.1 Å². The molecule has 2 N–H and O–H groups in total. The lowest BCUT2D eigenvalue weighted by atomic mass is 10.1. The van der Waals surface area contributed by atoms with E-state index in [0.29, 0.717) is 0 Å². The highest BCUT2D eigenvalue weighted by Crippen LogP contribution is 2.17. The molecule has 0 heterocycles. The molecule has 0 saturated heterocycles. The monoisotopic (exact) mass is 366 g/mol. The molecule has 0 aliphatic heterocycles. The van der Waals surface area contributed by atoms with Crippen LogP contribution in [0.25, 0.3) is 21.5 Å². The predicted octanol–water partition coefficient (Wildman–Crippen LogP) is 4.66. The molecule has 0 atom stereocenters. The quantitative estimate of drug-likeness (QED) is 0.400. The first kappa shape index (κ1) is 17.4. The number of amides is 2. The predicted molar refractivity (Wildman–Crippen MR) is 115 cm³/mol. The maximum atomic E-state index is 11.9. The maximum Gasteiger partial charge on any atom is 0.355 e. The lowest BCUT2D eigenvalue weighted by Gasteiger charge is -2.02. The van der Waals surface area contributed by atoms with Gasteiger partial charge in [-0.25, -0.2) is 15.6 Å². The summed E-state index contributed by atoms with van der Waals surface area (Å²) in [6.07, 6.45) is 3.24. The van der Waals surface area contributed by atoms with E-state index in [2.05, 4.69) is 21.1 Å². The van der Waals surface area contributed by atoms with Crippen LogP contribution >= 0.6 is 0 Å². The zero-order valence-corrected chi connectivity index (χ0v) is 15.0. The van der Waals surface area contributed by atoms with Crippen LogP contribution in [0.5, 0.6) is 0 Å². The highest BCUT2D eigenvalue weighted by molar-refractivity contribution is 6.01. The van der Waals surface area contributed by atoms with Crippen LogP contribution in [0.4, 0.5) is 4.79 Å². The summed E-state index contributed by atoms with van der Waals surface area (Å²) in [5.74, 6) is 0. The molecule has 0 aliphatic rings. The van der Waals surface area contributed by atoms with Gasteiger partial charge < -0.3 is 0 Å². The largest absolute Gasteiger partial charge is 0.355 e. The average molecular weight is 366 g/mol. The number of hydrogen-bond donors (Lipinski definition) is 2. The first-order valence-electron chi connectivity index (χ1n) is 8.89. The smallest absolute Gasteiger partial charge is 0.245 e. The van der Waals surface area contributed by atoms with E-state index in [-0.39, 0.29) is 0 Å². The van der Waals surface area contributed by atoms with Crippen molar-refractivity contribution in [1.29, 1.82) is 0 Å². The van der Waals surface area contributed by atoms with Gasteiger partial charge in [0.25, 0.3) is 0 Å². The molecule has 0 saturated carbocycles. The minimum Gasteiger partial charge on any atom is -0.245 e. The minimum absolute atomic E-state index is 0.507. The second-order valence-electron chi connectivity index (χ2n) is 6.21. The van der Waals surface area contributed by atoms with Crippen molar-refractivity contribution >= 4 is 40.0 Å². The van der Waals surface area contributed by atoms with Gasteiger partial charge in [0.05, 0.1) is 12.4 Å². The van der Waals surface area contributed by atoms with Gasteiger partial charge in [-0.15, -0.1) is 0 Å². The molecule has 0 bridgehead atoms. The van der Waals surface area contributed by atoms with Crippen LogP contribution < -0.4 is 10.9 Å². The molecule has 4 aromatic rings. The second-order valence-corrected chi connectivity index (χ2v) is 6.21. The third kappa shape index (κ3) is 3.88. The standard InChI is InChI=1S/C23H18N4O/c28-23(26-24-15-19-11-5-9-17-7-1-3-13-21(17)19)27-25-16-20-12-6-10-18-8-2-4-14-22(18)20/h1-16H,(H2,26,27,28)/b24-15+,25-16+. The van der Waals surface area contributed by atoms with Crippen LogP contribution in [-0.2, 0) is 0 Å². The number of benzene rings is 4. The van der Waals surface area contributed by atoms with E-state index in [1.165, 1.54) is 0 Å². The van der Waals surface area contributed by atoms with Crippen molar-refractivity contribution in [2.75, 3.05) is 0 Å². The summed E-state index contributed by atoms with van der Waals surface area (Å²) >= 11 is 0. The van der Waals surface area contributed by atoms with Gasteiger partial charge in [0.2, 0.25) is 0 Å². The molecule has 5 nitrogen and oxygen atoms in total. The topological polar surface area (TPSA) is 65.8 Å². The number of rotatable bonds is 4. The summed E-state index contributed by atoms with van der Waals surface area (Å²) in [5.41, 5.74) is 6.71. The van der Waals surface area contributed by atoms with Crippen molar-refractivity contribution < 1.29 is 4.79 Å². The number of nitrogens with one attached hydrogen (secondary N) is 2. The van der Waals surface area contributed by atoms with Crippen LogP contribution in [-0.4, -0.2) is 18.5 Å². The molecule has 0 aromatic heterocycles. The van der Waals surface area contributed by atoms with Gasteiger partial charge in [-0.05, 0) is 21.5 Å². The van der Waals surface area contributed by atoms with Gasteiger partial charge in [-0.3, -0.25) is 0 Å². The van der Waals surface area contributed by atoms with Crippen molar-refractivity contribution in [3.05, 3.63) is 96.1 Å². The zero-order valence-electron chi connectivity index (χ0n) is 15.0. The van der Waals surface area contributed by atoms with E-state index in [0.717, 1.165) is 32.7 Å². The third-order valence-corrected chi connectivity index (χ3v) is 4.39. The first-order chi connectivity index (χ1) is 13.8. The van der Waals surface area contributed by atoms with E-state index in [1.807, 2.05) is 84.9 Å². The van der Waals surface area contributed by atoms with Crippen molar-refractivity contribution in [2.45, 2.75) is 0 Å². The highest BCUT2D eigenvalue weighted by atomic mass is 16.2. The summed E-state index contributed by atoms with van der Waals surface area (Å²) < 4.78 is 0. The van der Waals surface area contributed by atoms with Crippen molar-refractivity contribution in [3.8, 4) is 0 Å². The summed E-state index contributed by atoms with van der Waals surface area (Å²) in [6.45, 7) is 0. The van der Waals surface area contributed by atoms with Crippen LogP contribution in [0.1, 0.15) is 11.1 Å². The SMILES string of the molecule is O=C(N/N=C/c1cccc2ccccc12)N/N=C/c1cccc2ccccc12. The molecule has 0 radical (unpaired) electrons. The Morgan fingerprint density at radius 3 is 1.54 bits per heavy atom. The molecule has 2 amide bonds. The molecule has 136 valence electrons. The van der Waals surface area contributed by atoms with Gasteiger partial charge in [-0.2, -0.15) is 10.2 Å². The van der Waals surface area contributed by atoms with Gasteiger partial charge >= 0.3 is 6.03 Å². The fraction of sp³-hybridized carbons (Fsp3) is 0. The Morgan fingerprint density at radius 2 is 1.04 bits per heavy atom. The van der Waals surface area contributed by atoms with Gasteiger partial charge in [0.1, 0.15) is 0 Å². The van der Waals surface area contributed by atoms with Crippen LogP contribution in [0.3, 0.4) is 0 Å². The number of urea groups is 1. The van der Waals surface area contributed by atoms with Crippen molar-refractivity contribution in [3.63, 3.8) is 0 Å². The Morgan fingerprint density at radius 1 is 0.607 bits per heavy atom. The Balaban J connectivity index is 1.39. The lowest BCUT2D eigenvalue weighted by molar-refractivity contribution is 0.242. The van der Waals surface area contributed by atoms with Gasteiger partial charge in [0, 0.05) is 11.1 Å². The first-order valence-corrected chi connectivity index (χ1v) is 8.89. The second kappa shape index (κ2) is 8.14. The molecular weight excluding hydrogens is 348 g/mol. The summed E-state index contributed by atoms with van der Waals surface area (Å²) in [4.78, 5) is 11.9. The number of nitrogens with zero attached hydrogens (tertiary/aromatic N) is 2. The fourth-order valence-electron chi connectivity index (χ4n) is 3.07. The number of hydrazone groups is 2. The van der Waals surface area contributed by atoms with Crippen LogP contribution in [0.2, 0.25) is 0 Å². The van der Waals surface area contributed by atoms with E-state index in [4.69, 9.17) is 0 Å². The number of carbonyl (C=O) groups excluding carboxylic acids is 1. The van der Waals surface area contributed by atoms with E-state index < -0.39 is 6.03 Å². The lowest BCUT2D eigenvalue weighted by Crippen LogP contribution is -2.28. The van der Waals surface area contributed by atoms with Crippen molar-refractivity contribution in [1.82, 2.24) is 10.9 Å². The van der Waals surface area contributed by atoms with Gasteiger partial charge in [-0.1, -0.05) is 84.9 Å². The van der Waals surface area contributed by atoms with E-state index in [9.17, 15) is 4.79 Å². The van der Waals surface area contributed by atoms with Crippen LogP contribution in [0, 0.1) is 0 Å². The Hall–Kier alpha value is -3.99. The zero-order chi connectivity index (χ0) is 19.2. The molecule has 0 spiro atoms. The van der Waals surface area contributed by atoms with Crippen molar-refractivity contribution in [2.24, 2.45) is 10.2 Å². The van der Waals surface area contributed by atoms with E-state index in [1.54, 1.807) is 12.4 Å². The van der Waals surface area contributed by atoms with Gasteiger partial charge in [0.15, 0.2) is 0 Å². The normalized spacial score (nSPS) is 11.4. The van der Waals surface area contributed by atoms with E-state index >= 15 is 0 Å². The Labute approximate surface area is 162 Å². The molecule has 5 heteroatoms.